The molecular formula is C18H14F3N3O2. The van der Waals surface area contributed by atoms with E-state index in [9.17, 15) is 23.3 Å². The van der Waals surface area contributed by atoms with Gasteiger partial charge in [0, 0.05) is 24.0 Å². The minimum absolute atomic E-state index is 0.00620. The van der Waals surface area contributed by atoms with Crippen LogP contribution >= 0.6 is 0 Å². The number of nitrogens with one attached hydrogen (secondary N) is 2. The Morgan fingerprint density at radius 3 is 2.08 bits per heavy atom. The number of benzene rings is 2. The molecule has 0 saturated heterocycles. The number of aromatic nitrogens is 1. The van der Waals surface area contributed by atoms with Crippen LogP contribution in [0.5, 0.6) is 0 Å². The van der Waals surface area contributed by atoms with Crippen molar-refractivity contribution < 1.29 is 18.1 Å². The maximum absolute atomic E-state index is 14.3. The zero-order valence-corrected chi connectivity index (χ0v) is 13.3. The Morgan fingerprint density at radius 2 is 1.58 bits per heavy atom. The summed E-state index contributed by atoms with van der Waals surface area (Å²) >= 11 is 0. The number of anilines is 1. The van der Waals surface area contributed by atoms with Crippen LogP contribution in [0.4, 0.5) is 24.5 Å². The zero-order valence-electron chi connectivity index (χ0n) is 13.3. The highest BCUT2D eigenvalue weighted by molar-refractivity contribution is 5.55. The van der Waals surface area contributed by atoms with Crippen molar-refractivity contribution >= 4 is 11.4 Å². The van der Waals surface area contributed by atoms with Gasteiger partial charge < -0.3 is 10.3 Å². The van der Waals surface area contributed by atoms with Crippen LogP contribution in [0.2, 0.25) is 0 Å². The van der Waals surface area contributed by atoms with Gasteiger partial charge in [0.05, 0.1) is 10.6 Å². The van der Waals surface area contributed by atoms with Crippen LogP contribution in [0, 0.1) is 10.1 Å². The number of aromatic amines is 1. The average Bonchev–Trinajstić information content (AvgIpc) is 3.14. The first-order chi connectivity index (χ1) is 12.3. The van der Waals surface area contributed by atoms with Crippen LogP contribution < -0.4 is 5.32 Å². The van der Waals surface area contributed by atoms with Gasteiger partial charge in [0.25, 0.3) is 5.69 Å². The first-order valence-electron chi connectivity index (χ1n) is 7.63. The Bertz CT molecular complexity index is 878. The van der Waals surface area contributed by atoms with E-state index in [1.807, 2.05) is 0 Å². The summed E-state index contributed by atoms with van der Waals surface area (Å²) < 4.78 is 43.0. The van der Waals surface area contributed by atoms with E-state index in [0.29, 0.717) is 0 Å². The van der Waals surface area contributed by atoms with E-state index in [4.69, 9.17) is 0 Å². The number of halogens is 3. The number of nitrogens with zero attached hydrogens (tertiary/aromatic N) is 1. The van der Waals surface area contributed by atoms with Crippen molar-refractivity contribution in [1.29, 1.82) is 0 Å². The summed E-state index contributed by atoms with van der Waals surface area (Å²) in [6, 6.07) is 15.1. The summed E-state index contributed by atoms with van der Waals surface area (Å²) in [6.07, 6.45) is -3.28. The van der Waals surface area contributed by atoms with Gasteiger partial charge in [0.2, 0.25) is 0 Å². The van der Waals surface area contributed by atoms with Crippen LogP contribution in [0.1, 0.15) is 11.3 Å². The monoisotopic (exact) mass is 361 g/mol. The second kappa shape index (κ2) is 6.55. The molecule has 3 rings (SSSR count). The van der Waals surface area contributed by atoms with Gasteiger partial charge in [-0.05, 0) is 29.8 Å². The molecule has 2 aromatic carbocycles. The predicted octanol–water partition coefficient (Wildman–Crippen LogP) is 4.84. The molecule has 0 fully saturated rings. The van der Waals surface area contributed by atoms with Crippen molar-refractivity contribution in [3.05, 3.63) is 94.3 Å². The first kappa shape index (κ1) is 17.5. The second-order valence-corrected chi connectivity index (χ2v) is 5.63. The maximum atomic E-state index is 14.3. The minimum Gasteiger partial charge on any atom is -0.363 e. The highest BCUT2D eigenvalue weighted by Crippen LogP contribution is 2.46. The number of nitro benzene ring substituents is 1. The fraction of sp³-hybridized carbons (Fsp3) is 0.111. The van der Waals surface area contributed by atoms with Crippen molar-refractivity contribution in [2.75, 3.05) is 5.32 Å². The van der Waals surface area contributed by atoms with Crippen LogP contribution in [-0.4, -0.2) is 16.1 Å². The van der Waals surface area contributed by atoms with E-state index in [0.717, 1.165) is 12.1 Å². The first-order valence-corrected chi connectivity index (χ1v) is 7.63. The molecule has 0 amide bonds. The Morgan fingerprint density at radius 1 is 0.923 bits per heavy atom. The Kier molecular flexibility index (Phi) is 4.41. The molecule has 0 saturated carbocycles. The summed E-state index contributed by atoms with van der Waals surface area (Å²) in [5.41, 5.74) is -2.73. The molecule has 0 aliphatic rings. The predicted molar refractivity (Wildman–Crippen MR) is 90.8 cm³/mol. The summed E-state index contributed by atoms with van der Waals surface area (Å²) in [7, 11) is 0. The maximum Gasteiger partial charge on any atom is 0.421 e. The molecule has 1 aromatic heterocycles. The molecule has 8 heteroatoms. The molecule has 0 unspecified atom stereocenters. The smallest absolute Gasteiger partial charge is 0.363 e. The third kappa shape index (κ3) is 3.01. The van der Waals surface area contributed by atoms with Crippen LogP contribution in [0.3, 0.4) is 0 Å². The number of H-pyrrole nitrogens is 1. The largest absolute Gasteiger partial charge is 0.421 e. The number of non-ortho nitro benzene ring substituents is 1. The molecule has 0 radical (unpaired) electrons. The number of hydrogen-bond acceptors (Lipinski definition) is 3. The van der Waals surface area contributed by atoms with E-state index in [1.54, 1.807) is 6.07 Å². The van der Waals surface area contributed by atoms with Crippen LogP contribution in [-0.2, 0) is 5.54 Å². The fourth-order valence-corrected chi connectivity index (χ4v) is 2.82. The summed E-state index contributed by atoms with van der Waals surface area (Å²) in [5, 5.41) is 13.3. The molecule has 26 heavy (non-hydrogen) atoms. The molecule has 5 nitrogen and oxygen atoms in total. The minimum atomic E-state index is -4.69. The van der Waals surface area contributed by atoms with Gasteiger partial charge in [-0.3, -0.25) is 10.1 Å². The van der Waals surface area contributed by atoms with Gasteiger partial charge in [0.15, 0.2) is 5.54 Å². The van der Waals surface area contributed by atoms with Gasteiger partial charge in [0.1, 0.15) is 0 Å². The van der Waals surface area contributed by atoms with Gasteiger partial charge in [-0.2, -0.15) is 13.2 Å². The van der Waals surface area contributed by atoms with Crippen LogP contribution in [0.15, 0.2) is 72.9 Å². The van der Waals surface area contributed by atoms with E-state index >= 15 is 0 Å². The number of nitro groups is 1. The Labute approximate surface area is 146 Å². The molecule has 0 bridgehead atoms. The van der Waals surface area contributed by atoms with Crippen molar-refractivity contribution in [2.45, 2.75) is 11.7 Å². The van der Waals surface area contributed by atoms with E-state index in [1.165, 1.54) is 54.7 Å². The normalized spacial score (nSPS) is 13.8. The number of hydrogen-bond donors (Lipinski definition) is 2. The molecular weight excluding hydrogens is 347 g/mol. The van der Waals surface area contributed by atoms with Crippen molar-refractivity contribution in [3.63, 3.8) is 0 Å². The van der Waals surface area contributed by atoms with Crippen LogP contribution in [0.25, 0.3) is 0 Å². The summed E-state index contributed by atoms with van der Waals surface area (Å²) in [6.45, 7) is 0. The SMILES string of the molecule is O=[N+]([O-])c1ccc(N[C@@](c2ccccc2)(c2ccc[nH]2)C(F)(F)F)cc1. The summed E-state index contributed by atoms with van der Waals surface area (Å²) in [5.74, 6) is 0. The Hall–Kier alpha value is -3.29. The number of alkyl halides is 3. The van der Waals surface area contributed by atoms with Gasteiger partial charge >= 0.3 is 6.18 Å². The molecule has 3 aromatic rings. The number of rotatable bonds is 5. The third-order valence-electron chi connectivity index (χ3n) is 4.04. The van der Waals surface area contributed by atoms with Crippen molar-refractivity contribution in [3.8, 4) is 0 Å². The lowest BCUT2D eigenvalue weighted by Gasteiger charge is -2.37. The van der Waals surface area contributed by atoms with E-state index in [-0.39, 0.29) is 22.6 Å². The fourth-order valence-electron chi connectivity index (χ4n) is 2.82. The average molecular weight is 361 g/mol. The lowest BCUT2D eigenvalue weighted by Crippen LogP contribution is -2.50. The summed E-state index contributed by atoms with van der Waals surface area (Å²) in [4.78, 5) is 12.8. The van der Waals surface area contributed by atoms with Gasteiger partial charge in [-0.15, -0.1) is 0 Å². The molecule has 134 valence electrons. The molecule has 2 N–H and O–H groups in total. The standard InChI is InChI=1S/C18H14F3N3O2/c19-18(20,21)17(16-7-4-12-22-16,13-5-2-1-3-6-13)23-14-8-10-15(11-9-14)24(25)26/h1-12,22-23H/t17-/m0/s1. The molecule has 0 aliphatic carbocycles. The second-order valence-electron chi connectivity index (χ2n) is 5.63. The molecule has 1 heterocycles. The van der Waals surface area contributed by atoms with Crippen molar-refractivity contribution in [2.24, 2.45) is 0 Å². The molecule has 1 atom stereocenters. The van der Waals surface area contributed by atoms with Gasteiger partial charge in [-0.1, -0.05) is 30.3 Å². The lowest BCUT2D eigenvalue weighted by atomic mass is 9.85. The Balaban J connectivity index is 2.16. The highest BCUT2D eigenvalue weighted by atomic mass is 19.4. The zero-order chi connectivity index (χ0) is 18.8. The quantitative estimate of drug-likeness (QED) is 0.504. The van der Waals surface area contributed by atoms with Gasteiger partial charge in [-0.25, -0.2) is 0 Å². The molecule has 0 aliphatic heterocycles. The topological polar surface area (TPSA) is 71.0 Å². The third-order valence-corrected chi connectivity index (χ3v) is 4.04. The van der Waals surface area contributed by atoms with E-state index < -0.39 is 16.6 Å². The molecule has 0 spiro atoms. The highest BCUT2D eigenvalue weighted by Gasteiger charge is 2.58. The van der Waals surface area contributed by atoms with E-state index in [2.05, 4.69) is 10.3 Å². The van der Waals surface area contributed by atoms with Crippen molar-refractivity contribution in [1.82, 2.24) is 4.98 Å². The lowest BCUT2D eigenvalue weighted by molar-refractivity contribution is -0.384.